The Balaban J connectivity index is 1.74. The summed E-state index contributed by atoms with van der Waals surface area (Å²) < 4.78 is 6.62. The van der Waals surface area contributed by atoms with Crippen molar-refractivity contribution < 1.29 is 14.3 Å². The highest BCUT2D eigenvalue weighted by molar-refractivity contribution is 7.10. The number of methoxy groups -OCH3 is 1. The van der Waals surface area contributed by atoms with Gasteiger partial charge in [0.15, 0.2) is 0 Å². The number of hydrogen-bond acceptors (Lipinski definition) is 5. The minimum absolute atomic E-state index is 0.0722. The molecule has 0 aliphatic rings. The van der Waals surface area contributed by atoms with Gasteiger partial charge >= 0.3 is 5.97 Å². The Bertz CT molecular complexity index is 930. The number of amides is 1. The molecule has 0 saturated carbocycles. The average molecular weight is 383 g/mol. The van der Waals surface area contributed by atoms with Crippen molar-refractivity contribution in [3.8, 4) is 0 Å². The quantitative estimate of drug-likeness (QED) is 0.663. The summed E-state index contributed by atoms with van der Waals surface area (Å²) >= 11 is 1.64. The third-order valence-electron chi connectivity index (χ3n) is 4.24. The number of aryl methyl sites for hydroxylation is 2. The number of benzene rings is 1. The van der Waals surface area contributed by atoms with Gasteiger partial charge in [0.1, 0.15) is 6.04 Å². The summed E-state index contributed by atoms with van der Waals surface area (Å²) in [6.45, 7) is 4.38. The molecule has 0 unspecified atom stereocenters. The van der Waals surface area contributed by atoms with Crippen LogP contribution in [-0.4, -0.2) is 35.3 Å². The van der Waals surface area contributed by atoms with Gasteiger partial charge in [-0.15, -0.1) is 11.3 Å². The minimum atomic E-state index is -0.427. The zero-order chi connectivity index (χ0) is 19.4. The van der Waals surface area contributed by atoms with E-state index in [2.05, 4.69) is 15.2 Å². The van der Waals surface area contributed by atoms with Gasteiger partial charge in [-0.05, 0) is 55.6 Å². The second-order valence-corrected chi connectivity index (χ2v) is 7.16. The van der Waals surface area contributed by atoms with Gasteiger partial charge in [0.05, 0.1) is 18.4 Å². The molecule has 1 amide bonds. The molecule has 140 valence electrons. The van der Waals surface area contributed by atoms with Crippen LogP contribution in [0.25, 0.3) is 0 Å². The topological polar surface area (TPSA) is 73.2 Å². The number of rotatable bonds is 6. The molecule has 0 fully saturated rings. The zero-order valence-corrected chi connectivity index (χ0v) is 16.2. The maximum atomic E-state index is 12.5. The van der Waals surface area contributed by atoms with Crippen LogP contribution in [0.15, 0.2) is 47.8 Å². The summed E-state index contributed by atoms with van der Waals surface area (Å²) in [5, 5.41) is 9.57. The van der Waals surface area contributed by atoms with Crippen LogP contribution >= 0.6 is 11.3 Å². The molecular formula is C20H21N3O3S. The van der Waals surface area contributed by atoms with Crippen molar-refractivity contribution in [2.45, 2.75) is 19.9 Å². The fourth-order valence-corrected chi connectivity index (χ4v) is 3.73. The number of thiophene rings is 1. The highest BCUT2D eigenvalue weighted by atomic mass is 32.1. The van der Waals surface area contributed by atoms with Crippen molar-refractivity contribution >= 4 is 23.2 Å². The fourth-order valence-electron chi connectivity index (χ4n) is 2.92. The van der Waals surface area contributed by atoms with Crippen molar-refractivity contribution in [2.75, 3.05) is 13.7 Å². The number of hydrogen-bond donors (Lipinski definition) is 1. The van der Waals surface area contributed by atoms with Gasteiger partial charge in [-0.1, -0.05) is 6.07 Å². The lowest BCUT2D eigenvalue weighted by Gasteiger charge is -2.19. The number of aromatic nitrogens is 2. The largest absolute Gasteiger partial charge is 0.465 e. The Labute approximate surface area is 161 Å². The lowest BCUT2D eigenvalue weighted by Crippen LogP contribution is -2.31. The number of nitrogens with one attached hydrogen (secondary N) is 1. The first-order valence-electron chi connectivity index (χ1n) is 8.52. The molecule has 27 heavy (non-hydrogen) atoms. The van der Waals surface area contributed by atoms with Crippen LogP contribution < -0.4 is 5.32 Å². The van der Waals surface area contributed by atoms with Gasteiger partial charge in [0, 0.05) is 22.7 Å². The van der Waals surface area contributed by atoms with Gasteiger partial charge in [0.25, 0.3) is 5.91 Å². The predicted octanol–water partition coefficient (Wildman–Crippen LogP) is 3.37. The SMILES string of the molecule is COC(=O)c1ccc(C(=O)NC[C@@H](c2cccs2)n2nc(C)cc2C)cc1. The van der Waals surface area contributed by atoms with Gasteiger partial charge in [-0.25, -0.2) is 4.79 Å². The van der Waals surface area contributed by atoms with Crippen LogP contribution in [0.3, 0.4) is 0 Å². The molecule has 1 aromatic carbocycles. The molecule has 0 saturated heterocycles. The summed E-state index contributed by atoms with van der Waals surface area (Å²) in [4.78, 5) is 25.2. The molecule has 0 aliphatic carbocycles. The first-order chi connectivity index (χ1) is 13.0. The van der Waals surface area contributed by atoms with Crippen LogP contribution in [0.1, 0.15) is 43.0 Å². The average Bonchev–Trinajstić information content (AvgIpc) is 3.31. The van der Waals surface area contributed by atoms with Crippen LogP contribution in [0.4, 0.5) is 0 Å². The fraction of sp³-hybridized carbons (Fsp3) is 0.250. The van der Waals surface area contributed by atoms with Crippen molar-refractivity contribution in [1.29, 1.82) is 0 Å². The van der Waals surface area contributed by atoms with Crippen molar-refractivity contribution in [1.82, 2.24) is 15.1 Å². The molecule has 1 N–H and O–H groups in total. The summed E-state index contributed by atoms with van der Waals surface area (Å²) in [7, 11) is 1.33. The molecule has 6 nitrogen and oxygen atoms in total. The lowest BCUT2D eigenvalue weighted by molar-refractivity contribution is 0.0600. The van der Waals surface area contributed by atoms with Gasteiger partial charge < -0.3 is 10.1 Å². The van der Waals surface area contributed by atoms with E-state index in [1.54, 1.807) is 35.6 Å². The maximum absolute atomic E-state index is 12.5. The highest BCUT2D eigenvalue weighted by Gasteiger charge is 2.19. The van der Waals surface area contributed by atoms with Crippen LogP contribution in [0, 0.1) is 13.8 Å². The van der Waals surface area contributed by atoms with E-state index in [4.69, 9.17) is 0 Å². The Morgan fingerprint density at radius 1 is 1.19 bits per heavy atom. The molecule has 0 spiro atoms. The molecule has 0 radical (unpaired) electrons. The molecule has 0 bridgehead atoms. The second-order valence-electron chi connectivity index (χ2n) is 6.18. The van der Waals surface area contributed by atoms with E-state index in [1.165, 1.54) is 7.11 Å². The van der Waals surface area contributed by atoms with E-state index < -0.39 is 5.97 Å². The molecule has 2 heterocycles. The monoisotopic (exact) mass is 383 g/mol. The standard InChI is InChI=1S/C20H21N3O3S/c1-13-11-14(2)23(22-13)17(18-5-4-10-27-18)12-21-19(24)15-6-8-16(9-7-15)20(25)26-3/h4-11,17H,12H2,1-3H3,(H,21,24)/t17-/m0/s1. The molecule has 1 atom stereocenters. The number of carbonyl (C=O) groups excluding carboxylic acids is 2. The zero-order valence-electron chi connectivity index (χ0n) is 15.4. The molecule has 0 aliphatic heterocycles. The second kappa shape index (κ2) is 8.18. The Hall–Kier alpha value is -2.93. The van der Waals surface area contributed by atoms with Crippen LogP contribution in [0.2, 0.25) is 0 Å². The van der Waals surface area contributed by atoms with E-state index in [9.17, 15) is 9.59 Å². The molecule has 2 aromatic heterocycles. The van der Waals surface area contributed by atoms with Crippen LogP contribution in [-0.2, 0) is 4.74 Å². The number of nitrogens with zero attached hydrogens (tertiary/aromatic N) is 2. The maximum Gasteiger partial charge on any atom is 0.337 e. The number of ether oxygens (including phenoxy) is 1. The first kappa shape index (κ1) is 18.8. The van der Waals surface area contributed by atoms with E-state index >= 15 is 0 Å². The van der Waals surface area contributed by atoms with Gasteiger partial charge in [-0.2, -0.15) is 5.10 Å². The lowest BCUT2D eigenvalue weighted by atomic mass is 10.1. The van der Waals surface area contributed by atoms with Crippen molar-refractivity contribution in [3.63, 3.8) is 0 Å². The summed E-state index contributed by atoms with van der Waals surface area (Å²) in [6.07, 6.45) is 0. The molecular weight excluding hydrogens is 362 g/mol. The van der Waals surface area contributed by atoms with E-state index in [1.807, 2.05) is 42.1 Å². The minimum Gasteiger partial charge on any atom is -0.465 e. The summed E-state index contributed by atoms with van der Waals surface area (Å²) in [5.74, 6) is -0.626. The molecule has 3 aromatic rings. The summed E-state index contributed by atoms with van der Waals surface area (Å²) in [6, 6.07) is 12.4. The van der Waals surface area contributed by atoms with Crippen molar-refractivity contribution in [2.24, 2.45) is 0 Å². The molecule has 7 heteroatoms. The summed E-state index contributed by atoms with van der Waals surface area (Å²) in [5.41, 5.74) is 2.88. The van der Waals surface area contributed by atoms with E-state index in [0.29, 0.717) is 17.7 Å². The number of esters is 1. The van der Waals surface area contributed by atoms with Crippen molar-refractivity contribution in [3.05, 3.63) is 75.2 Å². The number of carbonyl (C=O) groups is 2. The van der Waals surface area contributed by atoms with E-state index in [-0.39, 0.29) is 11.9 Å². The van der Waals surface area contributed by atoms with E-state index in [0.717, 1.165) is 16.3 Å². The molecule has 3 rings (SSSR count). The Kier molecular flexibility index (Phi) is 5.71. The Morgan fingerprint density at radius 2 is 1.89 bits per heavy atom. The predicted molar refractivity (Wildman–Crippen MR) is 104 cm³/mol. The smallest absolute Gasteiger partial charge is 0.337 e. The highest BCUT2D eigenvalue weighted by Crippen LogP contribution is 2.24. The first-order valence-corrected chi connectivity index (χ1v) is 9.40. The van der Waals surface area contributed by atoms with Gasteiger partial charge in [0.2, 0.25) is 0 Å². The third kappa shape index (κ3) is 4.25. The Morgan fingerprint density at radius 3 is 2.44 bits per heavy atom. The normalized spacial score (nSPS) is 11.8. The van der Waals surface area contributed by atoms with Crippen LogP contribution in [0.5, 0.6) is 0 Å². The third-order valence-corrected chi connectivity index (χ3v) is 5.21. The van der Waals surface area contributed by atoms with Gasteiger partial charge in [-0.3, -0.25) is 9.48 Å².